The van der Waals surface area contributed by atoms with E-state index < -0.39 is 0 Å². The summed E-state index contributed by atoms with van der Waals surface area (Å²) < 4.78 is 0. The van der Waals surface area contributed by atoms with Crippen LogP contribution >= 0.6 is 11.3 Å². The van der Waals surface area contributed by atoms with Crippen LogP contribution in [0, 0.1) is 5.92 Å². The first-order chi connectivity index (χ1) is 9.02. The highest BCUT2D eigenvalue weighted by atomic mass is 32.1. The number of thiophene rings is 1. The number of nitrogens with one attached hydrogen (secondary N) is 1. The van der Waals surface area contributed by atoms with Crippen molar-refractivity contribution in [1.29, 1.82) is 0 Å². The molecule has 0 aliphatic rings. The van der Waals surface area contributed by atoms with Crippen molar-refractivity contribution < 1.29 is 4.79 Å². The quantitative estimate of drug-likeness (QED) is 0.743. The summed E-state index contributed by atoms with van der Waals surface area (Å²) in [4.78, 5) is 15.4. The van der Waals surface area contributed by atoms with E-state index in [2.05, 4.69) is 42.1 Å². The predicted octanol–water partition coefficient (Wildman–Crippen LogP) is 2.90. The molecule has 19 heavy (non-hydrogen) atoms. The van der Waals surface area contributed by atoms with Crippen LogP contribution in [0.25, 0.3) is 0 Å². The molecule has 4 heteroatoms. The molecule has 0 fully saturated rings. The number of nitrogens with zero attached hydrogens (tertiary/aromatic N) is 1. The molecule has 1 unspecified atom stereocenters. The van der Waals surface area contributed by atoms with Gasteiger partial charge >= 0.3 is 0 Å². The smallest absolute Gasteiger partial charge is 0.234 e. The van der Waals surface area contributed by atoms with Crippen LogP contribution in [0.5, 0.6) is 0 Å². The molecule has 3 nitrogen and oxygen atoms in total. The van der Waals surface area contributed by atoms with E-state index in [1.54, 1.807) is 11.3 Å². The molecule has 1 heterocycles. The highest BCUT2D eigenvalue weighted by Crippen LogP contribution is 2.11. The van der Waals surface area contributed by atoms with Crippen molar-refractivity contribution in [3.05, 3.63) is 35.0 Å². The average molecular weight is 280 g/mol. The molecular weight excluding hydrogens is 256 g/mol. The Balaban J connectivity index is 2.48. The lowest BCUT2D eigenvalue weighted by Crippen LogP contribution is -2.42. The summed E-state index contributed by atoms with van der Waals surface area (Å²) in [5.41, 5.74) is 0. The molecule has 0 bridgehead atoms. The monoisotopic (exact) mass is 280 g/mol. The number of rotatable bonds is 8. The molecule has 0 spiro atoms. The number of hydrogen-bond acceptors (Lipinski definition) is 3. The fraction of sp³-hybridized carbons (Fsp3) is 0.533. The number of amides is 1. The van der Waals surface area contributed by atoms with Gasteiger partial charge in [-0.25, -0.2) is 0 Å². The van der Waals surface area contributed by atoms with Gasteiger partial charge in [0, 0.05) is 24.0 Å². The topological polar surface area (TPSA) is 32.3 Å². The van der Waals surface area contributed by atoms with Crippen molar-refractivity contribution >= 4 is 17.2 Å². The van der Waals surface area contributed by atoms with Crippen LogP contribution < -0.4 is 5.32 Å². The standard InChI is InChI=1S/C15H24N2OS/c1-5-8-17(10-14-7-6-9-19-14)11-15(18)16-13(4)12(2)3/h5-7,9,12-13H,1,8,10-11H2,2-4H3,(H,16,18). The lowest BCUT2D eigenvalue weighted by Gasteiger charge is -2.22. The fourth-order valence-electron chi connectivity index (χ4n) is 1.66. The molecule has 1 N–H and O–H groups in total. The Kier molecular flexibility index (Phi) is 6.81. The third-order valence-corrected chi connectivity index (χ3v) is 3.96. The second kappa shape index (κ2) is 8.12. The van der Waals surface area contributed by atoms with E-state index in [0.717, 1.165) is 13.1 Å². The number of carbonyl (C=O) groups is 1. The highest BCUT2D eigenvalue weighted by molar-refractivity contribution is 7.09. The number of carbonyl (C=O) groups excluding carboxylic acids is 1. The van der Waals surface area contributed by atoms with Crippen LogP contribution in [0.2, 0.25) is 0 Å². The third kappa shape index (κ3) is 6.03. The lowest BCUT2D eigenvalue weighted by molar-refractivity contribution is -0.123. The molecule has 0 radical (unpaired) electrons. The Morgan fingerprint density at radius 2 is 2.26 bits per heavy atom. The molecule has 1 rings (SSSR count). The van der Waals surface area contributed by atoms with Gasteiger partial charge in [-0.05, 0) is 24.3 Å². The van der Waals surface area contributed by atoms with Crippen LogP contribution in [0.1, 0.15) is 25.6 Å². The van der Waals surface area contributed by atoms with Gasteiger partial charge in [-0.15, -0.1) is 17.9 Å². The molecule has 1 amide bonds. The van der Waals surface area contributed by atoms with Crippen molar-refractivity contribution in [2.75, 3.05) is 13.1 Å². The Morgan fingerprint density at radius 1 is 1.53 bits per heavy atom. The first-order valence-electron chi connectivity index (χ1n) is 6.68. The summed E-state index contributed by atoms with van der Waals surface area (Å²) >= 11 is 1.72. The zero-order valence-electron chi connectivity index (χ0n) is 12.1. The van der Waals surface area contributed by atoms with E-state index in [1.807, 2.05) is 19.1 Å². The first-order valence-corrected chi connectivity index (χ1v) is 7.56. The summed E-state index contributed by atoms with van der Waals surface area (Å²) in [6.45, 7) is 12.0. The van der Waals surface area contributed by atoms with E-state index in [1.165, 1.54) is 4.88 Å². The summed E-state index contributed by atoms with van der Waals surface area (Å²) in [6, 6.07) is 4.34. The molecule has 0 saturated heterocycles. The van der Waals surface area contributed by atoms with Gasteiger partial charge in [-0.3, -0.25) is 9.69 Å². The molecule has 0 aliphatic carbocycles. The molecule has 0 aromatic carbocycles. The van der Waals surface area contributed by atoms with E-state index in [9.17, 15) is 4.79 Å². The zero-order chi connectivity index (χ0) is 14.3. The lowest BCUT2D eigenvalue weighted by atomic mass is 10.1. The Bertz CT molecular complexity index is 387. The van der Waals surface area contributed by atoms with Gasteiger partial charge in [0.05, 0.1) is 6.54 Å². The summed E-state index contributed by atoms with van der Waals surface area (Å²) in [5.74, 6) is 0.536. The van der Waals surface area contributed by atoms with E-state index in [-0.39, 0.29) is 11.9 Å². The van der Waals surface area contributed by atoms with Gasteiger partial charge < -0.3 is 5.32 Å². The predicted molar refractivity (Wildman–Crippen MR) is 82.2 cm³/mol. The molecule has 0 saturated carbocycles. The highest BCUT2D eigenvalue weighted by Gasteiger charge is 2.14. The van der Waals surface area contributed by atoms with Crippen LogP contribution in [-0.4, -0.2) is 29.9 Å². The second-order valence-corrected chi connectivity index (χ2v) is 6.17. The van der Waals surface area contributed by atoms with Gasteiger partial charge in [0.1, 0.15) is 0 Å². The maximum Gasteiger partial charge on any atom is 0.234 e. The Morgan fingerprint density at radius 3 is 2.79 bits per heavy atom. The zero-order valence-corrected chi connectivity index (χ0v) is 12.9. The first kappa shape index (κ1) is 15.9. The van der Waals surface area contributed by atoms with E-state index >= 15 is 0 Å². The van der Waals surface area contributed by atoms with Crippen LogP contribution in [0.15, 0.2) is 30.2 Å². The summed E-state index contributed by atoms with van der Waals surface area (Å²) in [7, 11) is 0. The summed E-state index contributed by atoms with van der Waals surface area (Å²) in [5, 5.41) is 5.09. The minimum absolute atomic E-state index is 0.0830. The molecule has 0 aliphatic heterocycles. The Labute approximate surface area is 120 Å². The van der Waals surface area contributed by atoms with Crippen LogP contribution in [-0.2, 0) is 11.3 Å². The fourth-order valence-corrected chi connectivity index (χ4v) is 2.41. The minimum atomic E-state index is 0.0830. The second-order valence-electron chi connectivity index (χ2n) is 5.14. The van der Waals surface area contributed by atoms with Gasteiger partial charge in [-0.2, -0.15) is 0 Å². The summed E-state index contributed by atoms with van der Waals surface area (Å²) in [6.07, 6.45) is 1.84. The Hall–Kier alpha value is -1.13. The van der Waals surface area contributed by atoms with Gasteiger partial charge in [0.2, 0.25) is 5.91 Å². The molecule has 1 aromatic rings. The maximum atomic E-state index is 12.0. The SMILES string of the molecule is C=CCN(CC(=O)NC(C)C(C)C)Cc1cccs1. The number of hydrogen-bond donors (Lipinski definition) is 1. The minimum Gasteiger partial charge on any atom is -0.352 e. The maximum absolute atomic E-state index is 12.0. The average Bonchev–Trinajstić information content (AvgIpc) is 2.81. The van der Waals surface area contributed by atoms with Crippen molar-refractivity contribution in [2.45, 2.75) is 33.4 Å². The van der Waals surface area contributed by atoms with Crippen LogP contribution in [0.3, 0.4) is 0 Å². The largest absolute Gasteiger partial charge is 0.352 e. The van der Waals surface area contributed by atoms with E-state index in [4.69, 9.17) is 0 Å². The van der Waals surface area contributed by atoms with Gasteiger partial charge in [0.25, 0.3) is 0 Å². The molecular formula is C15H24N2OS. The molecule has 1 atom stereocenters. The third-order valence-electron chi connectivity index (χ3n) is 3.10. The molecule has 1 aromatic heterocycles. The molecule has 106 valence electrons. The normalized spacial score (nSPS) is 12.7. The van der Waals surface area contributed by atoms with E-state index in [0.29, 0.717) is 12.5 Å². The van der Waals surface area contributed by atoms with Gasteiger partial charge in [0.15, 0.2) is 0 Å². The van der Waals surface area contributed by atoms with Crippen molar-refractivity contribution in [1.82, 2.24) is 10.2 Å². The van der Waals surface area contributed by atoms with Crippen molar-refractivity contribution in [2.24, 2.45) is 5.92 Å². The van der Waals surface area contributed by atoms with Gasteiger partial charge in [-0.1, -0.05) is 26.0 Å². The van der Waals surface area contributed by atoms with Crippen LogP contribution in [0.4, 0.5) is 0 Å². The van der Waals surface area contributed by atoms with Crippen molar-refractivity contribution in [3.63, 3.8) is 0 Å². The van der Waals surface area contributed by atoms with Crippen molar-refractivity contribution in [3.8, 4) is 0 Å².